The highest BCUT2D eigenvalue weighted by Gasteiger charge is 2.31. The van der Waals surface area contributed by atoms with Gasteiger partial charge in [0.05, 0.1) is 6.04 Å². The molecule has 0 spiro atoms. The van der Waals surface area contributed by atoms with Crippen molar-refractivity contribution < 1.29 is 24.3 Å². The molecule has 0 rings (SSSR count). The Morgan fingerprint density at radius 1 is 1.00 bits per heavy atom. The molecule has 6 N–H and O–H groups in total. The molecule has 0 saturated heterocycles. The maximum atomic E-state index is 12.8. The zero-order chi connectivity index (χ0) is 23.4. The van der Waals surface area contributed by atoms with Crippen molar-refractivity contribution >= 4 is 48.1 Å². The smallest absolute Gasteiger partial charge is 0.326 e. The number of nitrogens with one attached hydrogen (secondary N) is 3. The number of carbonyl (C=O) groups is 4. The van der Waals surface area contributed by atoms with Crippen LogP contribution in [0.2, 0.25) is 0 Å². The monoisotopic (exact) mass is 464 g/mol. The predicted molar refractivity (Wildman–Crippen MR) is 123 cm³/mol. The van der Waals surface area contributed by atoms with Crippen molar-refractivity contribution in [3.63, 3.8) is 0 Å². The van der Waals surface area contributed by atoms with Gasteiger partial charge in [0.2, 0.25) is 17.7 Å². The molecule has 0 saturated carbocycles. The van der Waals surface area contributed by atoms with Crippen molar-refractivity contribution in [1.82, 2.24) is 16.0 Å². The first kappa shape index (κ1) is 28.5. The number of nitrogens with two attached hydrogens (primary N) is 1. The fourth-order valence-electron chi connectivity index (χ4n) is 2.52. The largest absolute Gasteiger partial charge is 0.480 e. The van der Waals surface area contributed by atoms with Crippen LogP contribution in [0.25, 0.3) is 0 Å². The summed E-state index contributed by atoms with van der Waals surface area (Å²) in [5.41, 5.74) is 5.95. The molecule has 30 heavy (non-hydrogen) atoms. The molecule has 0 aliphatic rings. The molecule has 5 unspecified atom stereocenters. The molecule has 0 bridgehead atoms. The number of hydrogen-bond donors (Lipinski definition) is 6. The number of carboxylic acids is 1. The van der Waals surface area contributed by atoms with Crippen LogP contribution in [-0.4, -0.2) is 70.7 Å². The number of thiol groups is 1. The molecule has 0 heterocycles. The van der Waals surface area contributed by atoms with Gasteiger partial charge < -0.3 is 26.8 Å². The lowest BCUT2D eigenvalue weighted by molar-refractivity contribution is -0.143. The lowest BCUT2D eigenvalue weighted by Crippen LogP contribution is -2.58. The number of hydrogen-bond acceptors (Lipinski definition) is 7. The Balaban J connectivity index is 5.22. The molecule has 174 valence electrons. The predicted octanol–water partition coefficient (Wildman–Crippen LogP) is 0.238. The molecule has 0 aromatic carbocycles. The Hall–Kier alpha value is -1.46. The van der Waals surface area contributed by atoms with Gasteiger partial charge in [-0.25, -0.2) is 4.79 Å². The van der Waals surface area contributed by atoms with E-state index in [1.807, 2.05) is 20.1 Å². The van der Waals surface area contributed by atoms with E-state index >= 15 is 0 Å². The molecule has 0 radical (unpaired) electrons. The number of rotatable bonds is 14. The van der Waals surface area contributed by atoms with Crippen LogP contribution >= 0.6 is 24.4 Å². The second-order valence-electron chi connectivity index (χ2n) is 7.57. The van der Waals surface area contributed by atoms with Gasteiger partial charge in [-0.1, -0.05) is 34.1 Å². The van der Waals surface area contributed by atoms with Gasteiger partial charge in [-0.05, 0) is 30.3 Å². The summed E-state index contributed by atoms with van der Waals surface area (Å²) in [4.78, 5) is 49.0. The zero-order valence-corrected chi connectivity index (χ0v) is 20.0. The summed E-state index contributed by atoms with van der Waals surface area (Å²) in [6.07, 6.45) is 2.96. The van der Waals surface area contributed by atoms with E-state index in [2.05, 4.69) is 28.6 Å². The van der Waals surface area contributed by atoms with Crippen LogP contribution in [0, 0.1) is 11.8 Å². The summed E-state index contributed by atoms with van der Waals surface area (Å²) in [6, 6.07) is -3.74. The second-order valence-corrected chi connectivity index (χ2v) is 8.92. The summed E-state index contributed by atoms with van der Waals surface area (Å²) in [7, 11) is 0. The van der Waals surface area contributed by atoms with Gasteiger partial charge in [0, 0.05) is 5.75 Å². The Bertz CT molecular complexity index is 591. The quantitative estimate of drug-likeness (QED) is 0.202. The lowest BCUT2D eigenvalue weighted by Gasteiger charge is -2.26. The number of aliphatic carboxylic acids is 1. The fraction of sp³-hybridized carbons (Fsp3) is 0.789. The minimum atomic E-state index is -1.16. The Labute approximate surface area is 188 Å². The van der Waals surface area contributed by atoms with Crippen molar-refractivity contribution in [1.29, 1.82) is 0 Å². The van der Waals surface area contributed by atoms with Crippen molar-refractivity contribution in [2.45, 2.75) is 64.7 Å². The third-order valence-electron chi connectivity index (χ3n) is 4.85. The Morgan fingerprint density at radius 2 is 1.53 bits per heavy atom. The van der Waals surface area contributed by atoms with E-state index in [4.69, 9.17) is 5.73 Å². The van der Waals surface area contributed by atoms with E-state index in [0.29, 0.717) is 12.2 Å². The standard InChI is InChI=1S/C19H36N4O5S2/c1-6-11(4)14(20)18(26)21-12(7-8-30-5)16(24)22-13(9-29)17(25)23-15(10(2)3)19(27)28/h10-15,29H,6-9,20H2,1-5H3,(H,21,26)(H,22,24)(H,23,25)(H,27,28). The first-order valence-corrected chi connectivity index (χ1v) is 12.0. The molecule has 11 heteroatoms. The van der Waals surface area contributed by atoms with Crippen molar-refractivity contribution in [2.24, 2.45) is 17.6 Å². The maximum absolute atomic E-state index is 12.8. The SMILES string of the molecule is CCC(C)C(N)C(=O)NC(CCSC)C(=O)NC(CS)C(=O)NC(C(=O)O)C(C)C. The summed E-state index contributed by atoms with van der Waals surface area (Å²) >= 11 is 5.62. The minimum Gasteiger partial charge on any atom is -0.480 e. The van der Waals surface area contributed by atoms with E-state index in [1.165, 1.54) is 11.8 Å². The number of amides is 3. The van der Waals surface area contributed by atoms with Crippen LogP contribution in [-0.2, 0) is 19.2 Å². The average molecular weight is 465 g/mol. The zero-order valence-electron chi connectivity index (χ0n) is 18.3. The third kappa shape index (κ3) is 9.57. The van der Waals surface area contributed by atoms with Crippen molar-refractivity contribution in [2.75, 3.05) is 17.8 Å². The number of carbonyl (C=O) groups excluding carboxylic acids is 3. The number of carboxylic acid groups (broad SMARTS) is 1. The third-order valence-corrected chi connectivity index (χ3v) is 5.86. The highest BCUT2D eigenvalue weighted by molar-refractivity contribution is 7.98. The van der Waals surface area contributed by atoms with Gasteiger partial charge in [-0.2, -0.15) is 24.4 Å². The van der Waals surface area contributed by atoms with Crippen LogP contribution in [0.4, 0.5) is 0 Å². The minimum absolute atomic E-state index is 0.0302. The van der Waals surface area contributed by atoms with Gasteiger partial charge in [0.1, 0.15) is 18.1 Å². The van der Waals surface area contributed by atoms with Crippen LogP contribution in [0.5, 0.6) is 0 Å². The van der Waals surface area contributed by atoms with Gasteiger partial charge in [0.15, 0.2) is 0 Å². The van der Waals surface area contributed by atoms with Crippen LogP contribution < -0.4 is 21.7 Å². The van der Waals surface area contributed by atoms with E-state index in [1.54, 1.807) is 13.8 Å². The molecule has 0 aromatic rings. The molecule has 5 atom stereocenters. The highest BCUT2D eigenvalue weighted by Crippen LogP contribution is 2.08. The van der Waals surface area contributed by atoms with Crippen LogP contribution in [0.1, 0.15) is 40.5 Å². The highest BCUT2D eigenvalue weighted by atomic mass is 32.2. The second kappa shape index (κ2) is 14.5. The molecular formula is C19H36N4O5S2. The van der Waals surface area contributed by atoms with Crippen molar-refractivity contribution in [3.05, 3.63) is 0 Å². The molecule has 9 nitrogen and oxygen atoms in total. The average Bonchev–Trinajstić information content (AvgIpc) is 2.70. The molecule has 0 aliphatic carbocycles. The Kier molecular flexibility index (Phi) is 13.8. The molecular weight excluding hydrogens is 428 g/mol. The van der Waals surface area contributed by atoms with E-state index in [-0.39, 0.29) is 17.6 Å². The summed E-state index contributed by atoms with van der Waals surface area (Å²) in [6.45, 7) is 7.12. The van der Waals surface area contributed by atoms with Crippen LogP contribution in [0.3, 0.4) is 0 Å². The maximum Gasteiger partial charge on any atom is 0.326 e. The first-order valence-electron chi connectivity index (χ1n) is 9.99. The first-order chi connectivity index (χ1) is 14.0. The van der Waals surface area contributed by atoms with E-state index in [0.717, 1.165) is 6.42 Å². The van der Waals surface area contributed by atoms with Gasteiger partial charge in [-0.3, -0.25) is 14.4 Å². The molecule has 0 aliphatic heterocycles. The number of thioether (sulfide) groups is 1. The van der Waals surface area contributed by atoms with E-state index in [9.17, 15) is 24.3 Å². The lowest BCUT2D eigenvalue weighted by atomic mass is 9.99. The summed E-state index contributed by atoms with van der Waals surface area (Å²) in [5, 5.41) is 16.9. The topological polar surface area (TPSA) is 151 Å². The van der Waals surface area contributed by atoms with Gasteiger partial charge in [0.25, 0.3) is 0 Å². The van der Waals surface area contributed by atoms with Gasteiger partial charge in [-0.15, -0.1) is 0 Å². The normalized spacial score (nSPS) is 16.1. The fourth-order valence-corrected chi connectivity index (χ4v) is 3.25. The van der Waals surface area contributed by atoms with Gasteiger partial charge >= 0.3 is 5.97 Å². The summed E-state index contributed by atoms with van der Waals surface area (Å²) < 4.78 is 0. The molecule has 0 fully saturated rings. The van der Waals surface area contributed by atoms with Crippen molar-refractivity contribution in [3.8, 4) is 0 Å². The summed E-state index contributed by atoms with van der Waals surface area (Å²) in [5.74, 6) is -2.58. The molecule has 3 amide bonds. The van der Waals surface area contributed by atoms with Crippen LogP contribution in [0.15, 0.2) is 0 Å². The van der Waals surface area contributed by atoms with E-state index < -0.39 is 47.9 Å². The Morgan fingerprint density at radius 3 is 1.97 bits per heavy atom. The molecule has 0 aromatic heterocycles.